The molecule has 3 rings (SSSR count). The normalized spacial score (nSPS) is 14.2. The number of hydrogen-bond acceptors (Lipinski definition) is 9. The van der Waals surface area contributed by atoms with E-state index in [1.54, 1.807) is 0 Å². The van der Waals surface area contributed by atoms with Gasteiger partial charge in [0, 0.05) is 28.4 Å². The van der Waals surface area contributed by atoms with Crippen LogP contribution in [0.5, 0.6) is 23.0 Å². The average molecular weight is 540 g/mol. The summed E-state index contributed by atoms with van der Waals surface area (Å²) in [5.41, 5.74) is 3.21. The summed E-state index contributed by atoms with van der Waals surface area (Å²) in [6.45, 7) is 0. The van der Waals surface area contributed by atoms with E-state index in [0.29, 0.717) is 33.5 Å². The number of rotatable bonds is 6. The predicted molar refractivity (Wildman–Crippen MR) is 139 cm³/mol. The number of ether oxygens (including phenoxy) is 3. The second kappa shape index (κ2) is 10.9. The molecule has 0 aromatic heterocycles. The van der Waals surface area contributed by atoms with Crippen molar-refractivity contribution in [2.75, 3.05) is 26.6 Å². The highest BCUT2D eigenvalue weighted by Gasteiger charge is 2.34. The van der Waals surface area contributed by atoms with Gasteiger partial charge in [-0.05, 0) is 36.5 Å². The van der Waals surface area contributed by atoms with Crippen molar-refractivity contribution in [3.63, 3.8) is 0 Å². The molecule has 1 heterocycles. The molecule has 0 bridgehead atoms. The Morgan fingerprint density at radius 1 is 1.15 bits per heavy atom. The molecule has 0 aliphatic carbocycles. The number of methoxy groups -OCH3 is 3. The van der Waals surface area contributed by atoms with Crippen molar-refractivity contribution in [3.8, 4) is 23.0 Å². The largest absolute Gasteiger partial charge is 0.507 e. The molecule has 1 aliphatic rings. The lowest BCUT2D eigenvalue weighted by molar-refractivity contribution is -0.123. The molecule has 1 saturated heterocycles. The van der Waals surface area contributed by atoms with Gasteiger partial charge < -0.3 is 24.6 Å². The van der Waals surface area contributed by atoms with Gasteiger partial charge in [-0.2, -0.15) is 5.01 Å². The second-order valence-electron chi connectivity index (χ2n) is 6.53. The number of carbonyl (C=O) groups excluding carboxylic acids is 2. The van der Waals surface area contributed by atoms with Crippen LogP contribution in [0.3, 0.4) is 0 Å². The lowest BCUT2D eigenvalue weighted by Gasteiger charge is -2.18. The molecule has 13 heteroatoms. The first-order valence-corrected chi connectivity index (χ1v) is 11.4. The number of nitrogens with one attached hydrogen (secondary N) is 2. The first-order chi connectivity index (χ1) is 16.2. The van der Waals surface area contributed by atoms with Crippen LogP contribution in [-0.2, 0) is 9.59 Å². The highest BCUT2D eigenvalue weighted by atomic mass is 35.5. The highest BCUT2D eigenvalue weighted by Crippen LogP contribution is 2.40. The van der Waals surface area contributed by atoms with Crippen LogP contribution in [0.25, 0.3) is 6.08 Å². The van der Waals surface area contributed by atoms with Crippen LogP contribution in [0.15, 0.2) is 35.2 Å². The number of hydrazine groups is 1. The number of hydrogen-bond donors (Lipinski definition) is 3. The fourth-order valence-corrected chi connectivity index (χ4v) is 4.33. The molecule has 2 amide bonds. The van der Waals surface area contributed by atoms with Gasteiger partial charge in [0.1, 0.15) is 5.75 Å². The number of amides is 2. The maximum absolute atomic E-state index is 12.8. The monoisotopic (exact) mass is 539 g/mol. The number of halogens is 1. The summed E-state index contributed by atoms with van der Waals surface area (Å²) >= 11 is 17.3. The molecule has 2 aromatic carbocycles. The van der Waals surface area contributed by atoms with Gasteiger partial charge in [-0.3, -0.25) is 15.0 Å². The molecule has 2 aromatic rings. The van der Waals surface area contributed by atoms with E-state index in [9.17, 15) is 14.7 Å². The first kappa shape index (κ1) is 25.6. The molecule has 178 valence electrons. The van der Waals surface area contributed by atoms with Gasteiger partial charge in [0.05, 0.1) is 26.2 Å². The first-order valence-electron chi connectivity index (χ1n) is 9.37. The van der Waals surface area contributed by atoms with E-state index >= 15 is 0 Å². The molecular weight excluding hydrogens is 522 g/mol. The lowest BCUT2D eigenvalue weighted by Crippen LogP contribution is -2.48. The Bertz CT molecular complexity index is 1200. The molecule has 0 atom stereocenters. The van der Waals surface area contributed by atoms with Crippen molar-refractivity contribution in [1.82, 2.24) is 10.4 Å². The number of anilines is 1. The molecule has 3 N–H and O–H groups in total. The van der Waals surface area contributed by atoms with E-state index in [2.05, 4.69) is 10.7 Å². The SMILES string of the molecule is COc1cc(NC(=O)C(=S)NN2C(=O)/C(=C\c3cc(Cl)ccc3O)SC2=S)cc(OC)c1OC. The third-order valence-electron chi connectivity index (χ3n) is 4.41. The van der Waals surface area contributed by atoms with Crippen LogP contribution in [0.1, 0.15) is 5.56 Å². The summed E-state index contributed by atoms with van der Waals surface area (Å²) in [6, 6.07) is 7.50. The summed E-state index contributed by atoms with van der Waals surface area (Å²) < 4.78 is 15.9. The van der Waals surface area contributed by atoms with E-state index < -0.39 is 11.8 Å². The number of benzene rings is 2. The molecule has 9 nitrogen and oxygen atoms in total. The minimum Gasteiger partial charge on any atom is -0.507 e. The van der Waals surface area contributed by atoms with Gasteiger partial charge >= 0.3 is 0 Å². The minimum atomic E-state index is -0.699. The van der Waals surface area contributed by atoms with Gasteiger partial charge in [-0.25, -0.2) is 0 Å². The van der Waals surface area contributed by atoms with Crippen molar-refractivity contribution in [1.29, 1.82) is 0 Å². The van der Waals surface area contributed by atoms with Crippen molar-refractivity contribution >= 4 is 80.7 Å². The second-order valence-corrected chi connectivity index (χ2v) is 9.05. The predicted octanol–water partition coefficient (Wildman–Crippen LogP) is 3.74. The average Bonchev–Trinajstić information content (AvgIpc) is 3.07. The Labute approximate surface area is 215 Å². The third kappa shape index (κ3) is 5.53. The summed E-state index contributed by atoms with van der Waals surface area (Å²) in [4.78, 5) is 25.4. The number of phenols is 1. The van der Waals surface area contributed by atoms with Gasteiger partial charge in [-0.1, -0.05) is 35.6 Å². The number of aromatic hydroxyl groups is 1. The van der Waals surface area contributed by atoms with Crippen LogP contribution < -0.4 is 25.0 Å². The van der Waals surface area contributed by atoms with Crippen molar-refractivity contribution in [3.05, 3.63) is 45.8 Å². The number of nitrogens with zero attached hydrogens (tertiary/aromatic N) is 1. The van der Waals surface area contributed by atoms with Crippen LogP contribution in [0.4, 0.5) is 5.69 Å². The quantitative estimate of drug-likeness (QED) is 0.371. The summed E-state index contributed by atoms with van der Waals surface area (Å²) in [5, 5.41) is 14.0. The van der Waals surface area contributed by atoms with Crippen LogP contribution in [0.2, 0.25) is 5.02 Å². The van der Waals surface area contributed by atoms with E-state index in [-0.39, 0.29) is 20.0 Å². The Morgan fingerprint density at radius 2 is 1.79 bits per heavy atom. The van der Waals surface area contributed by atoms with E-state index in [4.69, 9.17) is 50.2 Å². The van der Waals surface area contributed by atoms with Crippen molar-refractivity contribution in [2.45, 2.75) is 0 Å². The van der Waals surface area contributed by atoms with Crippen LogP contribution in [0, 0.1) is 0 Å². The number of thiocarbonyl (C=S) groups is 2. The standard InChI is InChI=1S/C21H18ClN3O6S3/c1-29-14-8-12(9-15(30-2)17(14)31-3)23-18(27)19(32)24-25-20(28)16(34-21(25)33)7-10-6-11(22)4-5-13(10)26/h4-9,26H,1-3H3,(H,23,27)(H,24,32)/b16-7+. The number of phenolic OH excluding ortho intramolecular Hbond substituents is 1. The topological polar surface area (TPSA) is 109 Å². The maximum atomic E-state index is 12.8. The summed E-state index contributed by atoms with van der Waals surface area (Å²) in [7, 11) is 4.35. The summed E-state index contributed by atoms with van der Waals surface area (Å²) in [6.07, 6.45) is 1.45. The molecule has 1 aliphatic heterocycles. The Morgan fingerprint density at radius 3 is 2.38 bits per heavy atom. The zero-order chi connectivity index (χ0) is 25.0. The lowest BCUT2D eigenvalue weighted by atomic mass is 10.2. The zero-order valence-electron chi connectivity index (χ0n) is 18.0. The molecule has 34 heavy (non-hydrogen) atoms. The number of thioether (sulfide) groups is 1. The fourth-order valence-electron chi connectivity index (χ4n) is 2.84. The zero-order valence-corrected chi connectivity index (χ0v) is 21.2. The smallest absolute Gasteiger partial charge is 0.285 e. The van der Waals surface area contributed by atoms with E-state index in [0.717, 1.165) is 16.8 Å². The van der Waals surface area contributed by atoms with Crippen LogP contribution >= 0.6 is 47.8 Å². The molecule has 1 fully saturated rings. The van der Waals surface area contributed by atoms with Gasteiger partial charge in [0.25, 0.3) is 11.8 Å². The Hall–Kier alpha value is -3.06. The van der Waals surface area contributed by atoms with E-state index in [1.807, 2.05) is 0 Å². The molecular formula is C21H18ClN3O6S3. The maximum Gasteiger partial charge on any atom is 0.285 e. The Balaban J connectivity index is 1.74. The van der Waals surface area contributed by atoms with Crippen molar-refractivity contribution in [2.24, 2.45) is 0 Å². The Kier molecular flexibility index (Phi) is 8.20. The highest BCUT2D eigenvalue weighted by molar-refractivity contribution is 8.26. The van der Waals surface area contributed by atoms with Crippen molar-refractivity contribution < 1.29 is 28.9 Å². The molecule has 0 spiro atoms. The van der Waals surface area contributed by atoms with Crippen LogP contribution in [-0.4, -0.2) is 52.6 Å². The van der Waals surface area contributed by atoms with Gasteiger partial charge in [0.15, 0.2) is 20.8 Å². The fraction of sp³-hybridized carbons (Fsp3) is 0.143. The minimum absolute atomic E-state index is 0.0529. The third-order valence-corrected chi connectivity index (χ3v) is 6.23. The summed E-state index contributed by atoms with van der Waals surface area (Å²) in [5.74, 6) is -0.265. The van der Waals surface area contributed by atoms with Gasteiger partial charge in [0.2, 0.25) is 5.75 Å². The van der Waals surface area contributed by atoms with Gasteiger partial charge in [-0.15, -0.1) is 0 Å². The van der Waals surface area contributed by atoms with E-state index in [1.165, 1.54) is 57.7 Å². The number of carbonyl (C=O) groups is 2. The molecule has 0 saturated carbocycles. The molecule has 0 radical (unpaired) electrons. The molecule has 0 unspecified atom stereocenters.